The Labute approximate surface area is 173 Å². The Morgan fingerprint density at radius 2 is 1.83 bits per heavy atom. The van der Waals surface area contributed by atoms with Gasteiger partial charge in [0.1, 0.15) is 5.60 Å². The van der Waals surface area contributed by atoms with Crippen LogP contribution in [0.25, 0.3) is 0 Å². The van der Waals surface area contributed by atoms with E-state index in [0.29, 0.717) is 25.6 Å². The highest BCUT2D eigenvalue weighted by Crippen LogP contribution is 2.19. The Morgan fingerprint density at radius 3 is 2.45 bits per heavy atom. The number of alkyl carbamates (subject to hydrolysis) is 1. The minimum Gasteiger partial charge on any atom is -0.444 e. The monoisotopic (exact) mass is 403 g/mol. The topological polar surface area (TPSA) is 87.7 Å². The van der Waals surface area contributed by atoms with Crippen LogP contribution in [-0.2, 0) is 9.53 Å². The maximum absolute atomic E-state index is 12.6. The predicted molar refractivity (Wildman–Crippen MR) is 112 cm³/mol. The van der Waals surface area contributed by atoms with Gasteiger partial charge in [0.2, 0.25) is 5.91 Å². The van der Waals surface area contributed by atoms with E-state index in [1.807, 2.05) is 36.1 Å². The van der Waals surface area contributed by atoms with E-state index in [-0.39, 0.29) is 24.8 Å². The fourth-order valence-corrected chi connectivity index (χ4v) is 3.24. The molecule has 1 aromatic carbocycles. The van der Waals surface area contributed by atoms with Crippen molar-refractivity contribution in [2.24, 2.45) is 5.92 Å². The third kappa shape index (κ3) is 8.13. The number of carbonyl (C=O) groups is 3. The molecule has 0 spiro atoms. The predicted octanol–water partition coefficient (Wildman–Crippen LogP) is 2.88. The van der Waals surface area contributed by atoms with Gasteiger partial charge in [-0.2, -0.15) is 0 Å². The largest absolute Gasteiger partial charge is 0.444 e. The van der Waals surface area contributed by atoms with Crippen molar-refractivity contribution in [1.29, 1.82) is 0 Å². The first-order valence-corrected chi connectivity index (χ1v) is 10.2. The molecule has 0 aliphatic carbocycles. The van der Waals surface area contributed by atoms with Crippen LogP contribution in [0.3, 0.4) is 0 Å². The number of benzene rings is 1. The molecule has 0 unspecified atom stereocenters. The molecule has 0 saturated carbocycles. The summed E-state index contributed by atoms with van der Waals surface area (Å²) in [6.07, 6.45) is 1.43. The van der Waals surface area contributed by atoms with Gasteiger partial charge in [0.05, 0.1) is 0 Å². The summed E-state index contributed by atoms with van der Waals surface area (Å²) in [5.74, 6) is 0.336. The van der Waals surface area contributed by atoms with Gasteiger partial charge in [-0.05, 0) is 58.6 Å². The van der Waals surface area contributed by atoms with Gasteiger partial charge in [0.25, 0.3) is 5.91 Å². The lowest BCUT2D eigenvalue weighted by Crippen LogP contribution is -2.42. The third-order valence-corrected chi connectivity index (χ3v) is 4.77. The molecule has 2 rings (SSSR count). The lowest BCUT2D eigenvalue weighted by molar-refractivity contribution is -0.121. The summed E-state index contributed by atoms with van der Waals surface area (Å²) in [4.78, 5) is 38.0. The molecule has 7 heteroatoms. The average molecular weight is 404 g/mol. The van der Waals surface area contributed by atoms with Crippen molar-refractivity contribution in [3.05, 3.63) is 35.4 Å². The number of amides is 3. The van der Waals surface area contributed by atoms with Crippen molar-refractivity contribution in [2.75, 3.05) is 26.2 Å². The Balaban J connectivity index is 1.63. The molecule has 1 fully saturated rings. The van der Waals surface area contributed by atoms with Crippen LogP contribution >= 0.6 is 0 Å². The van der Waals surface area contributed by atoms with E-state index in [9.17, 15) is 14.4 Å². The van der Waals surface area contributed by atoms with Gasteiger partial charge in [0.15, 0.2) is 0 Å². The SMILES string of the molecule is Cc1cccc(C(=O)N2CCC(CNC(=O)CCNC(=O)OC(C)(C)C)CC2)c1. The first-order chi connectivity index (χ1) is 13.6. The van der Waals surface area contributed by atoms with Crippen LogP contribution in [0.2, 0.25) is 0 Å². The highest BCUT2D eigenvalue weighted by molar-refractivity contribution is 5.94. The number of hydrogen-bond acceptors (Lipinski definition) is 4. The maximum atomic E-state index is 12.6. The van der Waals surface area contributed by atoms with Gasteiger partial charge < -0.3 is 20.3 Å². The zero-order valence-corrected chi connectivity index (χ0v) is 17.9. The molecule has 29 heavy (non-hydrogen) atoms. The minimum absolute atomic E-state index is 0.0735. The van der Waals surface area contributed by atoms with Crippen molar-refractivity contribution in [2.45, 2.75) is 52.6 Å². The minimum atomic E-state index is -0.554. The van der Waals surface area contributed by atoms with Gasteiger partial charge >= 0.3 is 6.09 Å². The van der Waals surface area contributed by atoms with E-state index >= 15 is 0 Å². The number of piperidine rings is 1. The molecule has 2 N–H and O–H groups in total. The highest BCUT2D eigenvalue weighted by Gasteiger charge is 2.24. The van der Waals surface area contributed by atoms with Crippen LogP contribution in [0, 0.1) is 12.8 Å². The van der Waals surface area contributed by atoms with Gasteiger partial charge in [-0.25, -0.2) is 4.79 Å². The van der Waals surface area contributed by atoms with Gasteiger partial charge in [-0.3, -0.25) is 9.59 Å². The molecule has 0 radical (unpaired) electrons. The molecule has 1 saturated heterocycles. The van der Waals surface area contributed by atoms with Crippen molar-refractivity contribution >= 4 is 17.9 Å². The molecule has 1 heterocycles. The lowest BCUT2D eigenvalue weighted by Gasteiger charge is -2.32. The second-order valence-electron chi connectivity index (χ2n) is 8.59. The number of likely N-dealkylation sites (tertiary alicyclic amines) is 1. The van der Waals surface area contributed by atoms with E-state index in [2.05, 4.69) is 10.6 Å². The quantitative estimate of drug-likeness (QED) is 0.765. The molecular formula is C22H33N3O4. The summed E-state index contributed by atoms with van der Waals surface area (Å²) < 4.78 is 5.13. The summed E-state index contributed by atoms with van der Waals surface area (Å²) >= 11 is 0. The number of hydrogen-bond donors (Lipinski definition) is 2. The van der Waals surface area contributed by atoms with E-state index in [0.717, 1.165) is 24.0 Å². The van der Waals surface area contributed by atoms with Gasteiger partial charge in [-0.15, -0.1) is 0 Å². The smallest absolute Gasteiger partial charge is 0.407 e. The Bertz CT molecular complexity index is 719. The van der Waals surface area contributed by atoms with Crippen molar-refractivity contribution in [3.63, 3.8) is 0 Å². The van der Waals surface area contributed by atoms with Crippen LogP contribution < -0.4 is 10.6 Å². The van der Waals surface area contributed by atoms with Crippen molar-refractivity contribution in [3.8, 4) is 0 Å². The highest BCUT2D eigenvalue weighted by atomic mass is 16.6. The number of nitrogens with one attached hydrogen (secondary N) is 2. The summed E-state index contributed by atoms with van der Waals surface area (Å²) in [5.41, 5.74) is 1.26. The van der Waals surface area contributed by atoms with Gasteiger partial charge in [0, 0.05) is 38.2 Å². The number of nitrogens with zero attached hydrogens (tertiary/aromatic N) is 1. The molecular weight excluding hydrogens is 370 g/mol. The second kappa shape index (κ2) is 10.3. The van der Waals surface area contributed by atoms with Crippen LogP contribution in [0.15, 0.2) is 24.3 Å². The molecule has 3 amide bonds. The van der Waals surface area contributed by atoms with E-state index in [1.54, 1.807) is 20.8 Å². The third-order valence-electron chi connectivity index (χ3n) is 4.77. The molecule has 0 atom stereocenters. The van der Waals surface area contributed by atoms with E-state index in [1.165, 1.54) is 0 Å². The molecule has 1 aliphatic rings. The van der Waals surface area contributed by atoms with Crippen molar-refractivity contribution < 1.29 is 19.1 Å². The summed E-state index contributed by atoms with van der Waals surface area (Å²) in [6, 6.07) is 7.66. The number of aryl methyl sites for hydroxylation is 1. The lowest BCUT2D eigenvalue weighted by atomic mass is 9.96. The summed E-state index contributed by atoms with van der Waals surface area (Å²) in [5, 5.41) is 5.50. The summed E-state index contributed by atoms with van der Waals surface area (Å²) in [6.45, 7) is 9.59. The van der Waals surface area contributed by atoms with Crippen molar-refractivity contribution in [1.82, 2.24) is 15.5 Å². The van der Waals surface area contributed by atoms with Crippen LogP contribution in [-0.4, -0.2) is 54.6 Å². The molecule has 160 valence electrons. The fourth-order valence-electron chi connectivity index (χ4n) is 3.24. The van der Waals surface area contributed by atoms with Crippen LogP contribution in [0.5, 0.6) is 0 Å². The van der Waals surface area contributed by atoms with Gasteiger partial charge in [-0.1, -0.05) is 17.7 Å². The fraction of sp³-hybridized carbons (Fsp3) is 0.591. The number of rotatable bonds is 6. The zero-order valence-electron chi connectivity index (χ0n) is 17.9. The molecule has 1 aliphatic heterocycles. The van der Waals surface area contributed by atoms with E-state index in [4.69, 9.17) is 4.74 Å². The summed E-state index contributed by atoms with van der Waals surface area (Å²) in [7, 11) is 0. The standard InChI is InChI=1S/C22H33N3O4/c1-16-6-5-7-18(14-16)20(27)25-12-9-17(10-13-25)15-24-19(26)8-11-23-21(28)29-22(2,3)4/h5-7,14,17H,8-13,15H2,1-4H3,(H,23,28)(H,24,26). The Kier molecular flexibility index (Phi) is 8.05. The average Bonchev–Trinajstić information content (AvgIpc) is 2.65. The Morgan fingerprint density at radius 1 is 1.14 bits per heavy atom. The molecule has 1 aromatic rings. The number of ether oxygens (including phenoxy) is 1. The van der Waals surface area contributed by atoms with E-state index < -0.39 is 11.7 Å². The Hall–Kier alpha value is -2.57. The zero-order chi connectivity index (χ0) is 21.4. The van der Waals surface area contributed by atoms with Crippen LogP contribution in [0.4, 0.5) is 4.79 Å². The molecule has 0 bridgehead atoms. The first-order valence-electron chi connectivity index (χ1n) is 10.2. The maximum Gasteiger partial charge on any atom is 0.407 e. The first kappa shape index (κ1) is 22.7. The normalized spacial score (nSPS) is 15.0. The molecule has 7 nitrogen and oxygen atoms in total. The molecule has 0 aromatic heterocycles. The second-order valence-corrected chi connectivity index (χ2v) is 8.59. The van der Waals surface area contributed by atoms with Crippen LogP contribution in [0.1, 0.15) is 56.0 Å². The number of carbonyl (C=O) groups excluding carboxylic acids is 3.